The average molecular weight is 358 g/mol. The number of carbonyl (C=O) groups excluding carboxylic acids is 1. The van der Waals surface area contributed by atoms with Gasteiger partial charge in [0.2, 0.25) is 5.82 Å². The summed E-state index contributed by atoms with van der Waals surface area (Å²) in [5.41, 5.74) is 5.82. The summed E-state index contributed by atoms with van der Waals surface area (Å²) in [6.45, 7) is 0. The van der Waals surface area contributed by atoms with E-state index in [-0.39, 0.29) is 22.4 Å². The van der Waals surface area contributed by atoms with Gasteiger partial charge in [-0.05, 0) is 18.2 Å². The van der Waals surface area contributed by atoms with Crippen molar-refractivity contribution in [2.45, 2.75) is 0 Å². The van der Waals surface area contributed by atoms with E-state index < -0.39 is 5.91 Å². The van der Waals surface area contributed by atoms with E-state index in [0.717, 1.165) is 0 Å². The van der Waals surface area contributed by atoms with Crippen LogP contribution in [0.1, 0.15) is 10.6 Å². The third-order valence-electron chi connectivity index (χ3n) is 3.16. The number of amides is 1. The van der Waals surface area contributed by atoms with Gasteiger partial charge < -0.3 is 15.2 Å². The smallest absolute Gasteiger partial charge is 0.286 e. The quantitative estimate of drug-likeness (QED) is 0.698. The monoisotopic (exact) mass is 357 g/mol. The fourth-order valence-corrected chi connectivity index (χ4v) is 2.22. The molecule has 0 saturated carbocycles. The minimum atomic E-state index is -0.755. The second-order valence-corrected chi connectivity index (χ2v) is 5.08. The normalized spacial score (nSPS) is 10.3. The van der Waals surface area contributed by atoms with E-state index in [1.165, 1.54) is 19.6 Å². The second kappa shape index (κ2) is 7.10. The first-order valence-electron chi connectivity index (χ1n) is 7.04. The Morgan fingerprint density at radius 1 is 1.12 bits per heavy atom. The summed E-state index contributed by atoms with van der Waals surface area (Å²) in [6, 6.07) is 8.59. The topological polar surface area (TPSA) is 113 Å². The van der Waals surface area contributed by atoms with E-state index in [0.29, 0.717) is 17.2 Å². The van der Waals surface area contributed by atoms with Crippen LogP contribution >= 0.6 is 11.6 Å². The maximum atomic E-state index is 11.3. The number of aromatic nitrogens is 4. The zero-order valence-corrected chi connectivity index (χ0v) is 13.8. The van der Waals surface area contributed by atoms with Crippen molar-refractivity contribution in [2.75, 3.05) is 7.11 Å². The van der Waals surface area contributed by atoms with Crippen molar-refractivity contribution < 1.29 is 14.3 Å². The van der Waals surface area contributed by atoms with Gasteiger partial charge in [0, 0.05) is 6.20 Å². The molecular formula is C16H12ClN5O3. The minimum Gasteiger partial charge on any atom is -0.493 e. The molecule has 0 aliphatic rings. The molecule has 0 saturated heterocycles. The van der Waals surface area contributed by atoms with Gasteiger partial charge in [0.1, 0.15) is 12.0 Å². The van der Waals surface area contributed by atoms with Gasteiger partial charge in [-0.1, -0.05) is 23.7 Å². The summed E-state index contributed by atoms with van der Waals surface area (Å²) in [7, 11) is 1.52. The number of benzene rings is 1. The van der Waals surface area contributed by atoms with Crippen molar-refractivity contribution in [3.8, 4) is 28.6 Å². The molecule has 0 aliphatic heterocycles. The molecule has 2 N–H and O–H groups in total. The molecule has 0 aliphatic carbocycles. The molecule has 0 radical (unpaired) electrons. The lowest BCUT2D eigenvalue weighted by molar-refractivity contribution is 0.0990. The lowest BCUT2D eigenvalue weighted by atomic mass is 10.2. The first-order chi connectivity index (χ1) is 12.1. The number of nitrogens with two attached hydrogens (primary N) is 1. The van der Waals surface area contributed by atoms with Crippen molar-refractivity contribution in [3.63, 3.8) is 0 Å². The van der Waals surface area contributed by atoms with E-state index in [1.54, 1.807) is 30.3 Å². The summed E-state index contributed by atoms with van der Waals surface area (Å²) >= 11 is 6.18. The predicted octanol–water partition coefficient (Wildman–Crippen LogP) is 2.49. The van der Waals surface area contributed by atoms with Gasteiger partial charge in [-0.15, -0.1) is 0 Å². The molecule has 2 heterocycles. The molecule has 1 amide bonds. The number of ether oxygens (including phenoxy) is 2. The lowest BCUT2D eigenvalue weighted by Gasteiger charge is -2.13. The molecule has 0 bridgehead atoms. The molecule has 0 unspecified atom stereocenters. The number of carbonyl (C=O) groups is 1. The molecule has 0 atom stereocenters. The van der Waals surface area contributed by atoms with Gasteiger partial charge in [-0.25, -0.2) is 19.9 Å². The first kappa shape index (κ1) is 16.6. The van der Waals surface area contributed by atoms with Gasteiger partial charge in [0.05, 0.1) is 12.8 Å². The van der Waals surface area contributed by atoms with Crippen LogP contribution in [0.4, 0.5) is 0 Å². The first-order valence-corrected chi connectivity index (χ1v) is 7.42. The highest BCUT2D eigenvalue weighted by Crippen LogP contribution is 2.38. The number of nitrogens with zero attached hydrogens (tertiary/aromatic N) is 4. The Balaban J connectivity index is 2.09. The maximum Gasteiger partial charge on any atom is 0.286 e. The van der Waals surface area contributed by atoms with Gasteiger partial charge in [-0.3, -0.25) is 4.79 Å². The number of halogens is 1. The average Bonchev–Trinajstić information content (AvgIpc) is 2.64. The second-order valence-electron chi connectivity index (χ2n) is 4.72. The lowest BCUT2D eigenvalue weighted by Crippen LogP contribution is -2.15. The molecule has 25 heavy (non-hydrogen) atoms. The van der Waals surface area contributed by atoms with Gasteiger partial charge >= 0.3 is 0 Å². The molecule has 8 nitrogen and oxygen atoms in total. The third-order valence-corrected chi connectivity index (χ3v) is 3.43. The van der Waals surface area contributed by atoms with E-state index in [4.69, 9.17) is 26.8 Å². The molecule has 3 aromatic rings. The van der Waals surface area contributed by atoms with Crippen molar-refractivity contribution in [2.24, 2.45) is 5.73 Å². The standard InChI is InChI=1S/C16H12ClN5O3/c1-24-10-4-2-3-5-11(10)25-13-12(20-8-21-14(13)17)9-6-7-19-16(22-9)15(18)23/h2-8H,1H3,(H2,18,23). The van der Waals surface area contributed by atoms with Crippen LogP contribution < -0.4 is 15.2 Å². The van der Waals surface area contributed by atoms with Crippen LogP contribution in [0.2, 0.25) is 5.15 Å². The molecule has 2 aromatic heterocycles. The zero-order chi connectivity index (χ0) is 17.8. The molecular weight excluding hydrogens is 346 g/mol. The molecule has 126 valence electrons. The Bertz CT molecular complexity index is 935. The highest BCUT2D eigenvalue weighted by atomic mass is 35.5. The molecule has 0 fully saturated rings. The van der Waals surface area contributed by atoms with Crippen LogP contribution in [0.3, 0.4) is 0 Å². The number of hydrogen-bond acceptors (Lipinski definition) is 7. The van der Waals surface area contributed by atoms with Crippen molar-refractivity contribution in [1.82, 2.24) is 19.9 Å². The van der Waals surface area contributed by atoms with Crippen LogP contribution in [0, 0.1) is 0 Å². The number of rotatable bonds is 5. The fraction of sp³-hybridized carbons (Fsp3) is 0.0625. The summed E-state index contributed by atoms with van der Waals surface area (Å²) < 4.78 is 11.1. The molecule has 3 rings (SSSR count). The Morgan fingerprint density at radius 3 is 2.60 bits per heavy atom. The maximum absolute atomic E-state index is 11.3. The SMILES string of the molecule is COc1ccccc1Oc1c(Cl)ncnc1-c1ccnc(C(N)=O)n1. The van der Waals surface area contributed by atoms with Crippen LogP contribution in [0.15, 0.2) is 42.9 Å². The Morgan fingerprint density at radius 2 is 1.88 bits per heavy atom. The van der Waals surface area contributed by atoms with Gasteiger partial charge in [-0.2, -0.15) is 0 Å². The van der Waals surface area contributed by atoms with E-state index in [2.05, 4.69) is 19.9 Å². The van der Waals surface area contributed by atoms with E-state index in [1.807, 2.05) is 0 Å². The zero-order valence-electron chi connectivity index (χ0n) is 13.0. The highest BCUT2D eigenvalue weighted by molar-refractivity contribution is 6.31. The number of methoxy groups -OCH3 is 1. The minimum absolute atomic E-state index is 0.0788. The van der Waals surface area contributed by atoms with Crippen molar-refractivity contribution >= 4 is 17.5 Å². The summed E-state index contributed by atoms with van der Waals surface area (Å²) in [4.78, 5) is 27.3. The summed E-state index contributed by atoms with van der Waals surface area (Å²) in [5, 5.41) is 0.0788. The Kier molecular flexibility index (Phi) is 4.71. The van der Waals surface area contributed by atoms with E-state index >= 15 is 0 Å². The van der Waals surface area contributed by atoms with Crippen LogP contribution in [-0.2, 0) is 0 Å². The molecule has 0 spiro atoms. The van der Waals surface area contributed by atoms with Crippen LogP contribution in [-0.4, -0.2) is 33.0 Å². The molecule has 9 heteroatoms. The van der Waals surface area contributed by atoms with Crippen LogP contribution in [0.5, 0.6) is 17.2 Å². The highest BCUT2D eigenvalue weighted by Gasteiger charge is 2.18. The largest absolute Gasteiger partial charge is 0.493 e. The van der Waals surface area contributed by atoms with Crippen molar-refractivity contribution in [3.05, 3.63) is 53.8 Å². The van der Waals surface area contributed by atoms with Crippen molar-refractivity contribution in [1.29, 1.82) is 0 Å². The summed E-state index contributed by atoms with van der Waals surface area (Å²) in [5.74, 6) is 0.202. The van der Waals surface area contributed by atoms with Crippen LogP contribution in [0.25, 0.3) is 11.4 Å². The van der Waals surface area contributed by atoms with Gasteiger partial charge in [0.15, 0.2) is 22.4 Å². The molecule has 1 aromatic carbocycles. The number of para-hydroxylation sites is 2. The Hall–Kier alpha value is -3.26. The van der Waals surface area contributed by atoms with Gasteiger partial charge in [0.25, 0.3) is 5.91 Å². The Labute approximate surface area is 147 Å². The fourth-order valence-electron chi connectivity index (χ4n) is 2.05. The number of hydrogen-bond donors (Lipinski definition) is 1. The summed E-state index contributed by atoms with van der Waals surface area (Å²) in [6.07, 6.45) is 2.66. The predicted molar refractivity (Wildman–Crippen MR) is 89.7 cm³/mol. The number of primary amides is 1. The third kappa shape index (κ3) is 3.48. The van der Waals surface area contributed by atoms with E-state index in [9.17, 15) is 4.79 Å².